The van der Waals surface area contributed by atoms with Gasteiger partial charge >= 0.3 is 20.2 Å². The van der Waals surface area contributed by atoms with Gasteiger partial charge in [0.05, 0.1) is 19.6 Å². The van der Waals surface area contributed by atoms with Crippen molar-refractivity contribution in [1.29, 1.82) is 0 Å². The van der Waals surface area contributed by atoms with Crippen LogP contribution in [0.5, 0.6) is 0 Å². The van der Waals surface area contributed by atoms with Crippen LogP contribution in [0, 0.1) is 0 Å². The molecule has 2 aromatic carbocycles. The number of nitrogens with one attached hydrogen (secondary N) is 4. The normalized spacial score (nSPS) is 15.0. The van der Waals surface area contributed by atoms with E-state index in [1.54, 1.807) is 0 Å². The lowest BCUT2D eigenvalue weighted by Gasteiger charge is -2.26. The third-order valence-electron chi connectivity index (χ3n) is 6.36. The molecule has 0 radical (unpaired) electrons. The van der Waals surface area contributed by atoms with E-state index < -0.39 is 62.3 Å². The van der Waals surface area contributed by atoms with Crippen LogP contribution in [0.4, 0.5) is 0 Å². The maximum Gasteiger partial charge on any atom is 0.491 e. The summed E-state index contributed by atoms with van der Waals surface area (Å²) in [6.45, 7) is -0.110. The molecule has 0 aliphatic carbocycles. The number of carboxylic acid groups (broad SMARTS) is 1. The number of hydroxylamine groups is 1. The molecule has 40 heavy (non-hydrogen) atoms. The lowest BCUT2D eigenvalue weighted by atomic mass is 9.78. The zero-order valence-corrected chi connectivity index (χ0v) is 20.7. The van der Waals surface area contributed by atoms with E-state index in [0.717, 1.165) is 0 Å². The van der Waals surface area contributed by atoms with Crippen LogP contribution in [-0.4, -0.2) is 82.8 Å². The second kappa shape index (κ2) is 12.3. The predicted molar refractivity (Wildman–Crippen MR) is 135 cm³/mol. The second-order valence-electron chi connectivity index (χ2n) is 8.97. The van der Waals surface area contributed by atoms with Gasteiger partial charge in [-0.3, -0.25) is 29.2 Å². The molecular formula is C23H24B2N4O11. The van der Waals surface area contributed by atoms with Gasteiger partial charge in [0.2, 0.25) is 5.91 Å². The summed E-state index contributed by atoms with van der Waals surface area (Å²) in [5.74, 6) is -5.31. The van der Waals surface area contributed by atoms with E-state index in [1.807, 2.05) is 0 Å². The summed E-state index contributed by atoms with van der Waals surface area (Å²) in [6, 6.07) is 4.79. The Labute approximate surface area is 227 Å². The number of carbonyl (C=O) groups excluding carboxylic acids is 4. The lowest BCUT2D eigenvalue weighted by molar-refractivity contribution is -0.137. The Hall–Kier alpha value is -4.28. The summed E-state index contributed by atoms with van der Waals surface area (Å²) < 4.78 is 10.2. The Balaban J connectivity index is 1.60. The van der Waals surface area contributed by atoms with Gasteiger partial charge in [0.15, 0.2) is 0 Å². The maximum atomic E-state index is 13.1. The van der Waals surface area contributed by atoms with Crippen molar-refractivity contribution in [2.24, 2.45) is 0 Å². The van der Waals surface area contributed by atoms with E-state index in [9.17, 15) is 39.2 Å². The number of rotatable bonds is 10. The maximum absolute atomic E-state index is 13.1. The Morgan fingerprint density at radius 1 is 0.800 bits per heavy atom. The van der Waals surface area contributed by atoms with E-state index in [-0.39, 0.29) is 30.9 Å². The first-order chi connectivity index (χ1) is 19.1. The molecule has 2 aliphatic heterocycles. The number of hydrogen-bond acceptors (Lipinski definition) is 10. The zero-order chi connectivity index (χ0) is 29.0. The van der Waals surface area contributed by atoms with Crippen LogP contribution in [-0.2, 0) is 36.9 Å². The number of fused-ring (bicyclic) bond motifs is 2. The Kier molecular flexibility index (Phi) is 8.81. The minimum Gasteiger partial charge on any atom is -0.481 e. The first kappa shape index (κ1) is 28.7. The molecule has 2 unspecified atom stereocenters. The highest BCUT2D eigenvalue weighted by atomic mass is 16.5. The van der Waals surface area contributed by atoms with Crippen LogP contribution >= 0.6 is 0 Å². The second-order valence-corrected chi connectivity index (χ2v) is 8.97. The summed E-state index contributed by atoms with van der Waals surface area (Å²) in [4.78, 5) is 62.8. The number of amides is 4. The molecule has 208 valence electrons. The Morgan fingerprint density at radius 2 is 1.27 bits per heavy atom. The zero-order valence-electron chi connectivity index (χ0n) is 20.7. The smallest absolute Gasteiger partial charge is 0.481 e. The van der Waals surface area contributed by atoms with Gasteiger partial charge in [0.25, 0.3) is 17.7 Å². The molecular weight excluding hydrogens is 530 g/mol. The summed E-state index contributed by atoms with van der Waals surface area (Å²) in [7, 11) is -2.52. The fraction of sp³-hybridized carbons (Fsp3) is 0.261. The molecule has 0 bridgehead atoms. The van der Waals surface area contributed by atoms with Gasteiger partial charge in [-0.25, -0.2) is 5.48 Å². The van der Waals surface area contributed by atoms with Crippen molar-refractivity contribution in [1.82, 2.24) is 21.4 Å². The summed E-state index contributed by atoms with van der Waals surface area (Å²) in [5, 5.41) is 45.0. The average molecular weight is 554 g/mol. The molecule has 0 spiro atoms. The molecule has 2 heterocycles. The van der Waals surface area contributed by atoms with E-state index >= 15 is 0 Å². The van der Waals surface area contributed by atoms with Crippen molar-refractivity contribution < 1.29 is 53.6 Å². The molecule has 0 aromatic heterocycles. The highest BCUT2D eigenvalue weighted by Gasteiger charge is 2.38. The highest BCUT2D eigenvalue weighted by Crippen LogP contribution is 2.14. The Morgan fingerprint density at radius 3 is 1.73 bits per heavy atom. The molecule has 2 aliphatic rings. The molecule has 4 amide bonds. The molecule has 0 saturated heterocycles. The monoisotopic (exact) mass is 554 g/mol. The number of hydrogen-bond donors (Lipinski definition) is 8. The van der Waals surface area contributed by atoms with Crippen molar-refractivity contribution in [2.75, 3.05) is 6.54 Å². The number of benzene rings is 2. The van der Waals surface area contributed by atoms with Gasteiger partial charge in [0, 0.05) is 17.7 Å². The van der Waals surface area contributed by atoms with Crippen molar-refractivity contribution >= 4 is 54.8 Å². The van der Waals surface area contributed by atoms with Crippen LogP contribution in [0.25, 0.3) is 0 Å². The molecule has 2 aromatic rings. The largest absolute Gasteiger partial charge is 0.491 e. The summed E-state index contributed by atoms with van der Waals surface area (Å²) in [6.07, 6.45) is -0.474. The van der Waals surface area contributed by atoms with E-state index in [2.05, 4.69) is 16.0 Å². The van der Waals surface area contributed by atoms with Crippen LogP contribution in [0.3, 0.4) is 0 Å². The standard InChI is InChI=1S/C23H24B2N4O11/c30-17(31)5-6-26-22(34)18(27-20(32)11-1-3-13-9-39-24(36)15(13)7-11)19(23(35)29-38)28-21(33)12-2-4-14-10-40-25(37)16(14)8-12/h1-4,7-8,18-19,36-38H,5-6,9-10H2,(H,26,34)(H,27,32)(H,28,33)(H,29,35)(H,30,31). The topological polar surface area (TPSA) is 233 Å². The fourth-order valence-corrected chi connectivity index (χ4v) is 4.23. The third kappa shape index (κ3) is 6.30. The van der Waals surface area contributed by atoms with Crippen molar-refractivity contribution in [3.8, 4) is 0 Å². The average Bonchev–Trinajstić information content (AvgIpc) is 3.50. The van der Waals surface area contributed by atoms with E-state index in [1.165, 1.54) is 41.9 Å². The fourth-order valence-electron chi connectivity index (χ4n) is 4.23. The van der Waals surface area contributed by atoms with Gasteiger partial charge in [-0.1, -0.05) is 12.1 Å². The number of carbonyl (C=O) groups is 5. The SMILES string of the molecule is O=C(O)CCNC(=O)C(NC(=O)c1ccc2c(c1)B(O)OC2)C(NC(=O)c1ccc2c(c1)B(O)OC2)C(=O)NO. The van der Waals surface area contributed by atoms with Gasteiger partial charge in [-0.2, -0.15) is 0 Å². The molecule has 17 heteroatoms. The first-order valence-electron chi connectivity index (χ1n) is 12.0. The quantitative estimate of drug-likeness (QED) is 0.0804. The van der Waals surface area contributed by atoms with E-state index in [0.29, 0.717) is 22.1 Å². The minimum absolute atomic E-state index is 0.0197. The van der Waals surface area contributed by atoms with Crippen LogP contribution < -0.4 is 32.4 Å². The summed E-state index contributed by atoms with van der Waals surface area (Å²) >= 11 is 0. The van der Waals surface area contributed by atoms with Crippen LogP contribution in [0.2, 0.25) is 0 Å². The van der Waals surface area contributed by atoms with Gasteiger partial charge in [0.1, 0.15) is 12.1 Å². The van der Waals surface area contributed by atoms with Crippen LogP contribution in [0.1, 0.15) is 38.3 Å². The molecule has 0 fully saturated rings. The van der Waals surface area contributed by atoms with E-state index in [4.69, 9.17) is 14.4 Å². The molecule has 0 saturated carbocycles. The molecule has 4 rings (SSSR count). The van der Waals surface area contributed by atoms with Crippen LogP contribution in [0.15, 0.2) is 36.4 Å². The Bertz CT molecular complexity index is 1360. The lowest BCUT2D eigenvalue weighted by Crippen LogP contribution is -2.63. The van der Waals surface area contributed by atoms with Crippen molar-refractivity contribution in [3.05, 3.63) is 58.7 Å². The third-order valence-corrected chi connectivity index (χ3v) is 6.36. The van der Waals surface area contributed by atoms with Gasteiger partial charge in [-0.15, -0.1) is 0 Å². The molecule has 8 N–H and O–H groups in total. The van der Waals surface area contributed by atoms with Gasteiger partial charge in [-0.05, 0) is 46.3 Å². The van der Waals surface area contributed by atoms with Gasteiger partial charge < -0.3 is 40.4 Å². The predicted octanol–water partition coefficient (Wildman–Crippen LogP) is -3.88. The first-order valence-corrected chi connectivity index (χ1v) is 12.0. The minimum atomic E-state index is -1.89. The number of carboxylic acids is 1. The highest BCUT2D eigenvalue weighted by molar-refractivity contribution is 6.62. The van der Waals surface area contributed by atoms with Crippen molar-refractivity contribution in [2.45, 2.75) is 31.7 Å². The van der Waals surface area contributed by atoms with Crippen molar-refractivity contribution in [3.63, 3.8) is 0 Å². The summed E-state index contributed by atoms with van der Waals surface area (Å²) in [5.41, 5.74) is 3.24. The molecule has 2 atom stereocenters. The molecule has 15 nitrogen and oxygen atoms in total. The number of aliphatic carboxylic acids is 1.